The molecule has 1 aromatic rings. The van der Waals surface area contributed by atoms with E-state index in [0.29, 0.717) is 12.0 Å². The Hall–Kier alpha value is -1.55. The van der Waals surface area contributed by atoms with E-state index in [1.165, 1.54) is 5.56 Å². The highest BCUT2D eigenvalue weighted by atomic mass is 16.6. The highest BCUT2D eigenvalue weighted by Crippen LogP contribution is 2.38. The van der Waals surface area contributed by atoms with Gasteiger partial charge < -0.3 is 9.84 Å². The first-order valence-corrected chi connectivity index (χ1v) is 8.89. The molecule has 1 aliphatic heterocycles. The van der Waals surface area contributed by atoms with Gasteiger partial charge in [0.25, 0.3) is 0 Å². The fourth-order valence-electron chi connectivity index (χ4n) is 3.51. The first-order valence-electron chi connectivity index (χ1n) is 8.89. The predicted octanol–water partition coefficient (Wildman–Crippen LogP) is 3.38. The van der Waals surface area contributed by atoms with Crippen LogP contribution in [0.3, 0.4) is 0 Å². The zero-order valence-corrected chi connectivity index (χ0v) is 15.9. The summed E-state index contributed by atoms with van der Waals surface area (Å²) in [5.74, 6) is 0.358. The van der Waals surface area contributed by atoms with Crippen LogP contribution in [0.25, 0.3) is 0 Å². The summed E-state index contributed by atoms with van der Waals surface area (Å²) >= 11 is 0. The van der Waals surface area contributed by atoms with Crippen LogP contribution in [-0.4, -0.2) is 35.2 Å². The molecule has 0 bridgehead atoms. The average Bonchev–Trinajstić information content (AvgIpc) is 2.81. The van der Waals surface area contributed by atoms with Crippen molar-refractivity contribution < 1.29 is 9.84 Å². The molecule has 1 saturated heterocycles. The minimum atomic E-state index is -0.506. The highest BCUT2D eigenvalue weighted by Gasteiger charge is 2.43. The van der Waals surface area contributed by atoms with Crippen LogP contribution in [0.4, 0.5) is 0 Å². The Morgan fingerprint density at radius 3 is 2.54 bits per heavy atom. The molecule has 0 aromatic heterocycles. The molecule has 4 nitrogen and oxygen atoms in total. The standard InChI is InChI=1S/C20H32N2O2/c1-7-17-13-22(15(2)16-11-9-8-10-12-16)14-20(17,6)21-18(23)24-19(3,4)5/h8-12,15,17H,7,13-14H2,1-6H3,(H,21,23)/p-1/t15-,17?,20?/m1/s1. The molecule has 0 amide bonds. The summed E-state index contributed by atoms with van der Waals surface area (Å²) in [6.45, 7) is 13.8. The van der Waals surface area contributed by atoms with Crippen molar-refractivity contribution in [2.75, 3.05) is 13.1 Å². The molecule has 0 radical (unpaired) electrons. The van der Waals surface area contributed by atoms with Crippen LogP contribution in [0.2, 0.25) is 0 Å². The first-order chi connectivity index (χ1) is 11.1. The molecule has 2 unspecified atom stereocenters. The van der Waals surface area contributed by atoms with E-state index >= 15 is 0 Å². The summed E-state index contributed by atoms with van der Waals surface area (Å²) in [5.41, 5.74) is 0.405. The van der Waals surface area contributed by atoms with E-state index in [2.05, 4.69) is 54.9 Å². The second-order valence-corrected chi connectivity index (χ2v) is 8.07. The Morgan fingerprint density at radius 1 is 1.38 bits per heavy atom. The Labute approximate surface area is 146 Å². The van der Waals surface area contributed by atoms with Gasteiger partial charge in [-0.25, -0.2) is 0 Å². The first kappa shape index (κ1) is 18.8. The van der Waals surface area contributed by atoms with Crippen molar-refractivity contribution in [2.45, 2.75) is 65.1 Å². The highest BCUT2D eigenvalue weighted by molar-refractivity contribution is 5.63. The minimum absolute atomic E-state index is 0.316. The van der Waals surface area contributed by atoms with Gasteiger partial charge in [0.2, 0.25) is 0 Å². The van der Waals surface area contributed by atoms with E-state index in [1.807, 2.05) is 26.8 Å². The largest absolute Gasteiger partial charge is 0.595 e. The van der Waals surface area contributed by atoms with Crippen LogP contribution < -0.4 is 5.11 Å². The minimum Gasteiger partial charge on any atom is -0.595 e. The number of hydrogen-bond donors (Lipinski definition) is 0. The number of hydrogen-bond acceptors (Lipinski definition) is 4. The van der Waals surface area contributed by atoms with Crippen LogP contribution >= 0.6 is 0 Å². The normalized spacial score (nSPS) is 27.2. The van der Waals surface area contributed by atoms with Crippen LogP contribution in [0.5, 0.6) is 0 Å². The van der Waals surface area contributed by atoms with Crippen molar-refractivity contribution in [3.05, 3.63) is 35.9 Å². The van der Waals surface area contributed by atoms with Gasteiger partial charge in [-0.05, 0) is 31.7 Å². The van der Waals surface area contributed by atoms with E-state index in [4.69, 9.17) is 4.74 Å². The summed E-state index contributed by atoms with van der Waals surface area (Å²) in [6, 6.07) is 10.8. The zero-order chi connectivity index (χ0) is 18.0. The second-order valence-electron chi connectivity index (χ2n) is 8.07. The lowest BCUT2D eigenvalue weighted by Crippen LogP contribution is -2.39. The van der Waals surface area contributed by atoms with Gasteiger partial charge in [-0.15, -0.1) is 0 Å². The maximum absolute atomic E-state index is 12.2. The van der Waals surface area contributed by atoms with E-state index in [-0.39, 0.29) is 5.54 Å². The van der Waals surface area contributed by atoms with Gasteiger partial charge in [0.15, 0.2) is 0 Å². The molecule has 1 fully saturated rings. The van der Waals surface area contributed by atoms with Crippen LogP contribution in [-0.2, 0) is 4.74 Å². The SMILES string of the molecule is CCC1CN([C@H](C)c2ccccc2)CC1(C)N=C([O-])OC(C)(C)C. The topological polar surface area (TPSA) is 47.9 Å². The molecule has 1 heterocycles. The molecule has 4 heteroatoms. The third kappa shape index (κ3) is 4.50. The fourth-order valence-corrected chi connectivity index (χ4v) is 3.51. The fraction of sp³-hybridized carbons (Fsp3) is 0.650. The Morgan fingerprint density at radius 2 is 2.00 bits per heavy atom. The van der Waals surface area contributed by atoms with Gasteiger partial charge in [-0.1, -0.05) is 58.0 Å². The van der Waals surface area contributed by atoms with Gasteiger partial charge in [-0.2, -0.15) is 0 Å². The molecule has 0 N–H and O–H groups in total. The van der Waals surface area contributed by atoms with Crippen LogP contribution in [0, 0.1) is 5.92 Å². The van der Waals surface area contributed by atoms with E-state index in [9.17, 15) is 5.11 Å². The Kier molecular flexibility index (Phi) is 5.59. The average molecular weight is 331 g/mol. The summed E-state index contributed by atoms with van der Waals surface area (Å²) in [4.78, 5) is 6.90. The Balaban J connectivity index is 2.17. The maximum Gasteiger partial charge on any atom is 0.146 e. The molecular formula is C20H31N2O2-. The summed E-state index contributed by atoms with van der Waals surface area (Å²) in [5, 5.41) is 12.2. The lowest BCUT2D eigenvalue weighted by molar-refractivity contribution is -0.261. The monoisotopic (exact) mass is 331 g/mol. The molecule has 2 rings (SSSR count). The van der Waals surface area contributed by atoms with Crippen LogP contribution in [0.1, 0.15) is 59.6 Å². The van der Waals surface area contributed by atoms with Crippen molar-refractivity contribution >= 4 is 6.08 Å². The van der Waals surface area contributed by atoms with Gasteiger partial charge in [0.05, 0.1) is 5.54 Å². The molecule has 0 saturated carbocycles. The van der Waals surface area contributed by atoms with Crippen molar-refractivity contribution in [1.82, 2.24) is 4.90 Å². The smallest absolute Gasteiger partial charge is 0.146 e. The molecule has 1 aliphatic rings. The third-order valence-corrected chi connectivity index (χ3v) is 4.92. The summed E-state index contributed by atoms with van der Waals surface area (Å²) in [6.07, 6.45) is 0.554. The molecule has 3 atom stereocenters. The number of aliphatic imine (C=N–C) groups is 1. The number of likely N-dealkylation sites (tertiary alicyclic amines) is 1. The molecule has 134 valence electrons. The molecule has 0 aliphatic carbocycles. The van der Waals surface area contributed by atoms with Gasteiger partial charge in [0, 0.05) is 24.7 Å². The van der Waals surface area contributed by atoms with Crippen LogP contribution in [0.15, 0.2) is 35.3 Å². The lowest BCUT2D eigenvalue weighted by atomic mass is 9.88. The van der Waals surface area contributed by atoms with Crippen molar-refractivity contribution in [2.24, 2.45) is 10.9 Å². The van der Waals surface area contributed by atoms with Gasteiger partial charge in [-0.3, -0.25) is 9.89 Å². The summed E-state index contributed by atoms with van der Waals surface area (Å²) < 4.78 is 5.41. The molecule has 0 spiro atoms. The quantitative estimate of drug-likeness (QED) is 0.628. The number of benzene rings is 1. The van der Waals surface area contributed by atoms with E-state index in [0.717, 1.165) is 19.5 Å². The number of ether oxygens (including phenoxy) is 1. The molecule has 24 heavy (non-hydrogen) atoms. The van der Waals surface area contributed by atoms with Gasteiger partial charge >= 0.3 is 0 Å². The summed E-state index contributed by atoms with van der Waals surface area (Å²) in [7, 11) is 0. The molecular weight excluding hydrogens is 300 g/mol. The predicted molar refractivity (Wildman–Crippen MR) is 96.9 cm³/mol. The number of nitrogens with zero attached hydrogens (tertiary/aromatic N) is 2. The second kappa shape index (κ2) is 7.14. The van der Waals surface area contributed by atoms with Crippen molar-refractivity contribution in [1.29, 1.82) is 0 Å². The van der Waals surface area contributed by atoms with Crippen molar-refractivity contribution in [3.63, 3.8) is 0 Å². The van der Waals surface area contributed by atoms with E-state index in [1.54, 1.807) is 0 Å². The number of rotatable bonds is 4. The Bertz CT molecular complexity index is 565. The van der Waals surface area contributed by atoms with E-state index < -0.39 is 11.7 Å². The third-order valence-electron chi connectivity index (χ3n) is 4.92. The molecule has 1 aromatic carbocycles. The van der Waals surface area contributed by atoms with Crippen molar-refractivity contribution in [3.8, 4) is 0 Å². The lowest BCUT2D eigenvalue weighted by Gasteiger charge is -2.33. The maximum atomic E-state index is 12.2. The zero-order valence-electron chi connectivity index (χ0n) is 15.9. The van der Waals surface area contributed by atoms with Gasteiger partial charge in [0.1, 0.15) is 6.08 Å².